The van der Waals surface area contributed by atoms with Gasteiger partial charge in [0.1, 0.15) is 10.8 Å². The number of ether oxygens (including phenoxy) is 1. The summed E-state index contributed by atoms with van der Waals surface area (Å²) in [6, 6.07) is 14.0. The van der Waals surface area contributed by atoms with E-state index in [-0.39, 0.29) is 5.91 Å². The number of pyridine rings is 1. The van der Waals surface area contributed by atoms with Crippen molar-refractivity contribution in [3.8, 4) is 17.0 Å². The standard InChI is InChI=1S/C24H21ClN4O2S/c1-3-21(30)28-8-10-29(11-9-28)24-19-14-20(25)22(26-23(19)27-32-24)18-13-16(31-2)12-15-6-4-5-7-17(15)18/h3-7,12-14H,1,8-11H2,2H3. The Morgan fingerprint density at radius 1 is 1.16 bits per heavy atom. The van der Waals surface area contributed by atoms with Gasteiger partial charge in [-0.3, -0.25) is 4.79 Å². The van der Waals surface area contributed by atoms with Gasteiger partial charge in [0.25, 0.3) is 0 Å². The zero-order valence-corrected chi connectivity index (χ0v) is 19.1. The molecule has 1 saturated heterocycles. The first-order valence-electron chi connectivity index (χ1n) is 10.3. The lowest BCUT2D eigenvalue weighted by Crippen LogP contribution is -2.48. The molecule has 0 bridgehead atoms. The lowest BCUT2D eigenvalue weighted by molar-refractivity contribution is -0.126. The molecule has 2 aromatic heterocycles. The predicted octanol–water partition coefficient (Wildman–Crippen LogP) is 5.01. The fourth-order valence-electron chi connectivity index (χ4n) is 4.11. The van der Waals surface area contributed by atoms with Gasteiger partial charge < -0.3 is 14.5 Å². The van der Waals surface area contributed by atoms with Gasteiger partial charge in [-0.15, -0.1) is 0 Å². The zero-order chi connectivity index (χ0) is 22.2. The Morgan fingerprint density at radius 2 is 1.94 bits per heavy atom. The highest BCUT2D eigenvalue weighted by atomic mass is 35.5. The summed E-state index contributed by atoms with van der Waals surface area (Å²) in [4.78, 5) is 20.8. The fraction of sp³-hybridized carbons (Fsp3) is 0.208. The van der Waals surface area contributed by atoms with Gasteiger partial charge in [-0.1, -0.05) is 42.4 Å². The topological polar surface area (TPSA) is 58.6 Å². The number of anilines is 1. The Bertz CT molecular complexity index is 1340. The highest BCUT2D eigenvalue weighted by Gasteiger charge is 2.24. The fourth-order valence-corrected chi connectivity index (χ4v) is 5.23. The molecule has 0 atom stereocenters. The summed E-state index contributed by atoms with van der Waals surface area (Å²) in [5.41, 5.74) is 2.27. The summed E-state index contributed by atoms with van der Waals surface area (Å²) in [6.07, 6.45) is 1.37. The van der Waals surface area contributed by atoms with Crippen LogP contribution in [0.2, 0.25) is 5.02 Å². The smallest absolute Gasteiger partial charge is 0.246 e. The molecule has 2 aromatic carbocycles. The van der Waals surface area contributed by atoms with Crippen molar-refractivity contribution in [1.82, 2.24) is 14.3 Å². The van der Waals surface area contributed by atoms with E-state index >= 15 is 0 Å². The maximum atomic E-state index is 11.9. The number of hydrogen-bond acceptors (Lipinski definition) is 6. The van der Waals surface area contributed by atoms with Crippen LogP contribution in [0, 0.1) is 0 Å². The van der Waals surface area contributed by atoms with Gasteiger partial charge in [0.2, 0.25) is 5.91 Å². The van der Waals surface area contributed by atoms with Gasteiger partial charge in [-0.2, -0.15) is 4.37 Å². The minimum absolute atomic E-state index is 0.0290. The van der Waals surface area contributed by atoms with Crippen molar-refractivity contribution >= 4 is 55.8 Å². The highest BCUT2D eigenvalue weighted by molar-refractivity contribution is 7.11. The van der Waals surface area contributed by atoms with Crippen LogP contribution in [0.3, 0.4) is 0 Å². The quantitative estimate of drug-likeness (QED) is 0.397. The van der Waals surface area contributed by atoms with Crippen LogP contribution in [-0.4, -0.2) is 53.5 Å². The summed E-state index contributed by atoms with van der Waals surface area (Å²) in [6.45, 7) is 6.34. The van der Waals surface area contributed by atoms with Crippen molar-refractivity contribution in [2.45, 2.75) is 0 Å². The van der Waals surface area contributed by atoms with Crippen molar-refractivity contribution in [3.63, 3.8) is 0 Å². The molecule has 6 nitrogen and oxygen atoms in total. The molecule has 162 valence electrons. The summed E-state index contributed by atoms with van der Waals surface area (Å²) >= 11 is 8.19. The molecule has 1 fully saturated rings. The van der Waals surface area contributed by atoms with Crippen LogP contribution in [0.5, 0.6) is 5.75 Å². The van der Waals surface area contributed by atoms with E-state index in [0.717, 1.165) is 45.6 Å². The number of carbonyl (C=O) groups excluding carboxylic acids is 1. The molecule has 1 aliphatic rings. The minimum atomic E-state index is -0.0290. The van der Waals surface area contributed by atoms with Crippen LogP contribution in [0.25, 0.3) is 33.1 Å². The number of hydrogen-bond donors (Lipinski definition) is 0. The summed E-state index contributed by atoms with van der Waals surface area (Å²) in [5.74, 6) is 0.723. The van der Waals surface area contributed by atoms with E-state index in [0.29, 0.717) is 29.5 Å². The second-order valence-electron chi connectivity index (χ2n) is 7.59. The van der Waals surface area contributed by atoms with Crippen LogP contribution in [0.15, 0.2) is 55.1 Å². The Hall–Kier alpha value is -3.16. The Balaban J connectivity index is 1.54. The molecule has 0 unspecified atom stereocenters. The van der Waals surface area contributed by atoms with Crippen LogP contribution in [0.1, 0.15) is 0 Å². The maximum absolute atomic E-state index is 11.9. The Kier molecular flexibility index (Phi) is 5.45. The van der Waals surface area contributed by atoms with Gasteiger partial charge in [-0.05, 0) is 46.6 Å². The van der Waals surface area contributed by atoms with Crippen LogP contribution < -0.4 is 9.64 Å². The molecule has 0 spiro atoms. The number of fused-ring (bicyclic) bond motifs is 2. The molecule has 0 saturated carbocycles. The molecule has 0 N–H and O–H groups in total. The largest absolute Gasteiger partial charge is 0.497 e. The van der Waals surface area contributed by atoms with E-state index in [9.17, 15) is 4.79 Å². The van der Waals surface area contributed by atoms with Crippen molar-refractivity contribution in [3.05, 3.63) is 60.1 Å². The lowest BCUT2D eigenvalue weighted by Gasteiger charge is -2.34. The number of rotatable bonds is 4. The summed E-state index contributed by atoms with van der Waals surface area (Å²) < 4.78 is 10.1. The predicted molar refractivity (Wildman–Crippen MR) is 131 cm³/mol. The van der Waals surface area contributed by atoms with Gasteiger partial charge in [0.05, 0.1) is 23.2 Å². The number of carbonyl (C=O) groups is 1. The third-order valence-electron chi connectivity index (χ3n) is 5.78. The SMILES string of the molecule is C=CC(=O)N1CCN(c2snc3nc(-c4cc(OC)cc5ccccc45)c(Cl)cc23)CC1. The average molecular weight is 465 g/mol. The molecule has 4 aromatic rings. The van der Waals surface area contributed by atoms with E-state index in [2.05, 4.69) is 21.9 Å². The second kappa shape index (κ2) is 8.41. The molecular formula is C24H21ClN4O2S. The zero-order valence-electron chi connectivity index (χ0n) is 17.5. The number of aromatic nitrogens is 2. The average Bonchev–Trinajstić information content (AvgIpc) is 3.25. The van der Waals surface area contributed by atoms with E-state index in [1.54, 1.807) is 7.11 Å². The summed E-state index contributed by atoms with van der Waals surface area (Å²) in [7, 11) is 1.65. The molecule has 1 aliphatic heterocycles. The molecule has 3 heterocycles. The van der Waals surface area contributed by atoms with Gasteiger partial charge in [0, 0.05) is 31.7 Å². The summed E-state index contributed by atoms with van der Waals surface area (Å²) in [5, 5.41) is 4.64. The number of nitrogens with zero attached hydrogens (tertiary/aromatic N) is 4. The van der Waals surface area contributed by atoms with Gasteiger partial charge >= 0.3 is 0 Å². The van der Waals surface area contributed by atoms with Crippen LogP contribution in [-0.2, 0) is 4.79 Å². The molecule has 32 heavy (non-hydrogen) atoms. The van der Waals surface area contributed by atoms with Crippen molar-refractivity contribution < 1.29 is 9.53 Å². The minimum Gasteiger partial charge on any atom is -0.497 e. The lowest BCUT2D eigenvalue weighted by atomic mass is 10.0. The molecule has 1 amide bonds. The van der Waals surface area contributed by atoms with Gasteiger partial charge in [0.15, 0.2) is 5.65 Å². The van der Waals surface area contributed by atoms with Crippen LogP contribution >= 0.6 is 23.1 Å². The molecule has 0 aliphatic carbocycles. The number of benzene rings is 2. The number of piperazine rings is 1. The Morgan fingerprint density at radius 3 is 2.69 bits per heavy atom. The molecule has 0 radical (unpaired) electrons. The van der Waals surface area contributed by atoms with E-state index < -0.39 is 0 Å². The number of amides is 1. The third kappa shape index (κ3) is 3.57. The third-order valence-corrected chi connectivity index (χ3v) is 6.99. The number of halogens is 1. The molecular weight excluding hydrogens is 444 g/mol. The number of methoxy groups -OCH3 is 1. The van der Waals surface area contributed by atoms with E-state index in [1.165, 1.54) is 17.6 Å². The molecule has 8 heteroatoms. The van der Waals surface area contributed by atoms with Gasteiger partial charge in [-0.25, -0.2) is 4.98 Å². The van der Waals surface area contributed by atoms with E-state index in [1.807, 2.05) is 41.3 Å². The second-order valence-corrected chi connectivity index (χ2v) is 8.75. The molecule has 5 rings (SSSR count). The van der Waals surface area contributed by atoms with Crippen LogP contribution in [0.4, 0.5) is 5.00 Å². The van der Waals surface area contributed by atoms with E-state index in [4.69, 9.17) is 21.3 Å². The first kappa shape index (κ1) is 20.7. The van der Waals surface area contributed by atoms with Crippen molar-refractivity contribution in [1.29, 1.82) is 0 Å². The van der Waals surface area contributed by atoms with Crippen molar-refractivity contribution in [2.24, 2.45) is 0 Å². The Labute approximate surface area is 194 Å². The highest BCUT2D eigenvalue weighted by Crippen LogP contribution is 2.39. The first-order valence-corrected chi connectivity index (χ1v) is 11.4. The maximum Gasteiger partial charge on any atom is 0.246 e. The first-order chi connectivity index (χ1) is 15.6. The monoisotopic (exact) mass is 464 g/mol. The van der Waals surface area contributed by atoms with Crippen molar-refractivity contribution in [2.75, 3.05) is 38.2 Å². The normalized spacial score (nSPS) is 14.2.